The van der Waals surface area contributed by atoms with Crippen LogP contribution in [0.25, 0.3) is 11.1 Å². The number of hydrogen-bond donors (Lipinski definition) is 1. The second kappa shape index (κ2) is 8.48. The minimum Gasteiger partial charge on any atom is -0.385 e. The first-order valence-corrected chi connectivity index (χ1v) is 9.45. The van der Waals surface area contributed by atoms with Gasteiger partial charge in [0.05, 0.1) is 5.41 Å². The minimum absolute atomic E-state index is 0.270. The molecule has 148 valence electrons. The third kappa shape index (κ3) is 4.04. The molecule has 0 radical (unpaired) electrons. The van der Waals surface area contributed by atoms with Crippen LogP contribution in [-0.4, -0.2) is 33.8 Å². The van der Waals surface area contributed by atoms with Gasteiger partial charge >= 0.3 is 0 Å². The Morgan fingerprint density at radius 2 is 1.79 bits per heavy atom. The third-order valence-electron chi connectivity index (χ3n) is 5.32. The van der Waals surface area contributed by atoms with Crippen LogP contribution >= 0.6 is 0 Å². The highest BCUT2D eigenvalue weighted by Gasteiger charge is 2.37. The van der Waals surface area contributed by atoms with E-state index in [1.807, 2.05) is 0 Å². The van der Waals surface area contributed by atoms with E-state index in [9.17, 15) is 0 Å². The summed E-state index contributed by atoms with van der Waals surface area (Å²) in [7, 11) is 1.69. The predicted octanol–water partition coefficient (Wildman–Crippen LogP) is 3.65. The second-order valence-corrected chi connectivity index (χ2v) is 7.37. The van der Waals surface area contributed by atoms with E-state index in [1.54, 1.807) is 19.5 Å². The summed E-state index contributed by atoms with van der Waals surface area (Å²) >= 11 is 0. The number of benzene rings is 1. The van der Waals surface area contributed by atoms with E-state index in [-0.39, 0.29) is 17.3 Å². The van der Waals surface area contributed by atoms with Crippen LogP contribution in [0.15, 0.2) is 41.2 Å². The summed E-state index contributed by atoms with van der Waals surface area (Å²) < 4.78 is 10.6. The lowest BCUT2D eigenvalue weighted by molar-refractivity contribution is 0.192. The van der Waals surface area contributed by atoms with E-state index in [1.165, 1.54) is 0 Å². The quantitative estimate of drug-likeness (QED) is 0.594. The van der Waals surface area contributed by atoms with E-state index >= 15 is 0 Å². The van der Waals surface area contributed by atoms with Gasteiger partial charge in [-0.1, -0.05) is 43.3 Å². The van der Waals surface area contributed by atoms with Gasteiger partial charge in [-0.25, -0.2) is 9.97 Å². The van der Waals surface area contributed by atoms with Crippen molar-refractivity contribution >= 4 is 5.95 Å². The molecule has 0 aliphatic rings. The lowest BCUT2D eigenvalue weighted by Gasteiger charge is -2.31. The van der Waals surface area contributed by atoms with Gasteiger partial charge in [0.25, 0.3) is 0 Å². The van der Waals surface area contributed by atoms with Crippen molar-refractivity contribution in [3.8, 4) is 11.1 Å². The number of ether oxygens (including phenoxy) is 1. The molecule has 3 aromatic rings. The van der Waals surface area contributed by atoms with Crippen molar-refractivity contribution < 1.29 is 9.26 Å². The first kappa shape index (κ1) is 19.9. The van der Waals surface area contributed by atoms with Crippen LogP contribution in [0.2, 0.25) is 0 Å². The van der Waals surface area contributed by atoms with Crippen LogP contribution in [0.3, 0.4) is 0 Å². The average molecular weight is 381 g/mol. The molecule has 2 N–H and O–H groups in total. The zero-order chi connectivity index (χ0) is 20.1. The van der Waals surface area contributed by atoms with E-state index in [2.05, 4.69) is 65.1 Å². The van der Waals surface area contributed by atoms with Gasteiger partial charge in [-0.05, 0) is 30.4 Å². The summed E-state index contributed by atoms with van der Waals surface area (Å²) in [5, 5.41) is 4.29. The average Bonchev–Trinajstić information content (AvgIpc) is 3.17. The van der Waals surface area contributed by atoms with Gasteiger partial charge in [0, 0.05) is 38.1 Å². The number of hydrogen-bond acceptors (Lipinski definition) is 7. The van der Waals surface area contributed by atoms with Crippen molar-refractivity contribution in [2.75, 3.05) is 19.5 Å². The Kier molecular flexibility index (Phi) is 6.04. The Morgan fingerprint density at radius 1 is 1.11 bits per heavy atom. The minimum atomic E-state index is -0.362. The molecule has 1 atom stereocenters. The molecule has 0 amide bonds. The van der Waals surface area contributed by atoms with Crippen molar-refractivity contribution in [2.45, 2.75) is 39.0 Å². The van der Waals surface area contributed by atoms with E-state index in [4.69, 9.17) is 15.0 Å². The van der Waals surface area contributed by atoms with Gasteiger partial charge < -0.3 is 15.0 Å². The molecule has 0 aliphatic carbocycles. The molecule has 2 heterocycles. The molecular weight excluding hydrogens is 354 g/mol. The fourth-order valence-electron chi connectivity index (χ4n) is 3.15. The Balaban J connectivity index is 1.88. The maximum atomic E-state index is 5.57. The molecule has 7 heteroatoms. The van der Waals surface area contributed by atoms with Crippen molar-refractivity contribution in [1.29, 1.82) is 0 Å². The van der Waals surface area contributed by atoms with Crippen LogP contribution in [-0.2, 0) is 16.6 Å². The molecule has 0 saturated carbocycles. The summed E-state index contributed by atoms with van der Waals surface area (Å²) in [6.45, 7) is 7.17. The summed E-state index contributed by atoms with van der Waals surface area (Å²) in [6.07, 6.45) is 5.02. The molecule has 3 rings (SSSR count). The van der Waals surface area contributed by atoms with Crippen LogP contribution in [0.4, 0.5) is 5.95 Å². The summed E-state index contributed by atoms with van der Waals surface area (Å²) in [6, 6.07) is 8.33. The summed E-state index contributed by atoms with van der Waals surface area (Å²) in [5.41, 5.74) is 8.30. The Morgan fingerprint density at radius 3 is 2.39 bits per heavy atom. The third-order valence-corrected chi connectivity index (χ3v) is 5.32. The van der Waals surface area contributed by atoms with Crippen molar-refractivity contribution in [3.05, 3.63) is 53.9 Å². The van der Waals surface area contributed by atoms with Crippen LogP contribution in [0.5, 0.6) is 0 Å². The van der Waals surface area contributed by atoms with Gasteiger partial charge in [0.2, 0.25) is 11.8 Å². The maximum Gasteiger partial charge on any atom is 0.226 e. The van der Waals surface area contributed by atoms with Crippen molar-refractivity contribution in [1.82, 2.24) is 20.1 Å². The normalized spacial score (nSPS) is 13.6. The van der Waals surface area contributed by atoms with Crippen molar-refractivity contribution in [2.24, 2.45) is 5.92 Å². The molecule has 1 unspecified atom stereocenters. The number of aryl methyl sites for hydroxylation is 1. The number of nitrogen functional groups attached to an aromatic ring is 1. The fourth-order valence-corrected chi connectivity index (χ4v) is 3.15. The highest BCUT2D eigenvalue weighted by molar-refractivity contribution is 5.62. The number of aromatic nitrogens is 4. The number of anilines is 1. The van der Waals surface area contributed by atoms with Gasteiger partial charge in [-0.3, -0.25) is 0 Å². The molecule has 28 heavy (non-hydrogen) atoms. The van der Waals surface area contributed by atoms with Gasteiger partial charge in [0.1, 0.15) is 0 Å². The highest BCUT2D eigenvalue weighted by atomic mass is 16.5. The van der Waals surface area contributed by atoms with Crippen LogP contribution in [0.1, 0.15) is 44.5 Å². The number of rotatable bonds is 8. The van der Waals surface area contributed by atoms with Crippen molar-refractivity contribution in [3.63, 3.8) is 0 Å². The van der Waals surface area contributed by atoms with Crippen LogP contribution in [0, 0.1) is 5.92 Å². The molecular formula is C21H27N5O2. The Hall–Kier alpha value is -2.80. The zero-order valence-corrected chi connectivity index (χ0v) is 16.8. The second-order valence-electron chi connectivity index (χ2n) is 7.37. The smallest absolute Gasteiger partial charge is 0.226 e. The van der Waals surface area contributed by atoms with E-state index in [0.29, 0.717) is 24.7 Å². The summed E-state index contributed by atoms with van der Waals surface area (Å²) in [5.74, 6) is 1.90. The molecule has 0 aliphatic heterocycles. The van der Waals surface area contributed by atoms with E-state index in [0.717, 1.165) is 23.1 Å². The molecule has 0 saturated heterocycles. The lowest BCUT2D eigenvalue weighted by atomic mass is 9.72. The number of methoxy groups -OCH3 is 1. The summed E-state index contributed by atoms with van der Waals surface area (Å²) in [4.78, 5) is 12.8. The lowest BCUT2D eigenvalue weighted by Crippen LogP contribution is -2.31. The predicted molar refractivity (Wildman–Crippen MR) is 108 cm³/mol. The Bertz CT molecular complexity index is 890. The highest BCUT2D eigenvalue weighted by Crippen LogP contribution is 2.38. The van der Waals surface area contributed by atoms with Gasteiger partial charge in [-0.15, -0.1) is 0 Å². The van der Waals surface area contributed by atoms with Crippen LogP contribution < -0.4 is 5.73 Å². The zero-order valence-electron chi connectivity index (χ0n) is 16.8. The molecule has 2 aromatic heterocycles. The van der Waals surface area contributed by atoms with E-state index < -0.39 is 0 Å². The first-order valence-electron chi connectivity index (χ1n) is 9.45. The SMILES string of the molecule is COCCCc1nc(C(C)(c2ccc(-c3cnc(N)nc3)cc2)C(C)C)no1. The number of nitrogens with zero attached hydrogens (tertiary/aromatic N) is 4. The maximum absolute atomic E-state index is 5.57. The van der Waals surface area contributed by atoms with Gasteiger partial charge in [0.15, 0.2) is 5.82 Å². The Labute approximate surface area is 165 Å². The monoisotopic (exact) mass is 381 g/mol. The van der Waals surface area contributed by atoms with Gasteiger partial charge in [-0.2, -0.15) is 4.98 Å². The fraction of sp³-hybridized carbons (Fsp3) is 0.429. The molecule has 0 spiro atoms. The molecule has 0 bridgehead atoms. The molecule has 7 nitrogen and oxygen atoms in total. The topological polar surface area (TPSA) is 100.0 Å². The first-order chi connectivity index (χ1) is 13.4. The number of nitrogens with two attached hydrogens (primary N) is 1. The largest absolute Gasteiger partial charge is 0.385 e. The molecule has 0 fully saturated rings. The standard InChI is InChI=1S/C21H27N5O2/c1-14(2)21(3,19-25-18(28-26-19)6-5-11-27-4)17-9-7-15(8-10-17)16-12-23-20(22)24-13-16/h7-10,12-14H,5-6,11H2,1-4H3,(H2,22,23,24). The molecule has 1 aromatic carbocycles.